The van der Waals surface area contributed by atoms with Crippen LogP contribution in [0.25, 0.3) is 22.2 Å². The maximum Gasteiger partial charge on any atom is 0.158 e. The number of likely N-dealkylation sites (tertiary alicyclic amines) is 2. The molecule has 2 fully saturated rings. The Bertz CT molecular complexity index is 1370. The zero-order valence-corrected chi connectivity index (χ0v) is 23.0. The number of ether oxygens (including phenoxy) is 1. The lowest BCUT2D eigenvalue weighted by atomic mass is 9.96. The Morgan fingerprint density at radius 2 is 1.92 bits per heavy atom. The summed E-state index contributed by atoms with van der Waals surface area (Å²) in [6.45, 7) is 5.39. The summed E-state index contributed by atoms with van der Waals surface area (Å²) in [4.78, 5) is 18.5. The summed E-state index contributed by atoms with van der Waals surface area (Å²) in [7, 11) is 2.16. The number of nitrogens with zero attached hydrogens (tertiary/aromatic N) is 3. The van der Waals surface area contributed by atoms with E-state index < -0.39 is 0 Å². The first-order valence-corrected chi connectivity index (χ1v) is 14.7. The van der Waals surface area contributed by atoms with Gasteiger partial charge in [0.15, 0.2) is 5.78 Å². The number of H-pyrrole nitrogens is 1. The average molecular weight is 529 g/mol. The van der Waals surface area contributed by atoms with E-state index in [2.05, 4.69) is 75.1 Å². The number of benzene rings is 2. The molecule has 1 unspecified atom stereocenters. The van der Waals surface area contributed by atoms with Gasteiger partial charge in [-0.1, -0.05) is 6.07 Å². The third-order valence-electron chi connectivity index (χ3n) is 8.20. The number of fused-ring (bicyclic) bond motifs is 1. The van der Waals surface area contributed by atoms with Crippen molar-refractivity contribution in [1.29, 1.82) is 0 Å². The molecule has 0 amide bonds. The molecule has 6 nitrogen and oxygen atoms in total. The van der Waals surface area contributed by atoms with Crippen LogP contribution in [0.4, 0.5) is 0 Å². The van der Waals surface area contributed by atoms with E-state index in [0.717, 1.165) is 84.4 Å². The molecule has 2 saturated heterocycles. The predicted molar refractivity (Wildman–Crippen MR) is 154 cm³/mol. The molecule has 38 heavy (non-hydrogen) atoms. The van der Waals surface area contributed by atoms with Gasteiger partial charge in [0, 0.05) is 36.5 Å². The van der Waals surface area contributed by atoms with E-state index in [1.54, 1.807) is 11.3 Å². The van der Waals surface area contributed by atoms with E-state index in [9.17, 15) is 4.79 Å². The highest BCUT2D eigenvalue weighted by molar-refractivity contribution is 7.08. The summed E-state index contributed by atoms with van der Waals surface area (Å²) < 4.78 is 6.23. The summed E-state index contributed by atoms with van der Waals surface area (Å²) in [5.41, 5.74) is 5.08. The molecule has 2 aromatic heterocycles. The van der Waals surface area contributed by atoms with Gasteiger partial charge in [-0.2, -0.15) is 16.4 Å². The highest BCUT2D eigenvalue weighted by atomic mass is 32.1. The normalized spacial score (nSPS) is 20.2. The Morgan fingerprint density at radius 1 is 1.11 bits per heavy atom. The highest BCUT2D eigenvalue weighted by Gasteiger charge is 2.33. The van der Waals surface area contributed by atoms with E-state index in [1.165, 1.54) is 0 Å². The molecule has 2 aliphatic rings. The predicted octanol–water partition coefficient (Wildman–Crippen LogP) is 6.10. The van der Waals surface area contributed by atoms with Gasteiger partial charge in [0.05, 0.1) is 17.3 Å². The summed E-state index contributed by atoms with van der Waals surface area (Å²) in [6.07, 6.45) is 5.13. The van der Waals surface area contributed by atoms with Crippen molar-refractivity contribution in [2.75, 3.05) is 26.7 Å². The largest absolute Gasteiger partial charge is 0.490 e. The van der Waals surface area contributed by atoms with Crippen LogP contribution in [0.15, 0.2) is 59.3 Å². The molecule has 198 valence electrons. The van der Waals surface area contributed by atoms with E-state index in [-0.39, 0.29) is 17.9 Å². The molecule has 0 spiro atoms. The number of aromatic amines is 1. The molecule has 0 saturated carbocycles. The number of ketones is 1. The second-order valence-electron chi connectivity index (χ2n) is 10.9. The van der Waals surface area contributed by atoms with Crippen molar-refractivity contribution < 1.29 is 9.53 Å². The van der Waals surface area contributed by atoms with Gasteiger partial charge in [0.1, 0.15) is 11.9 Å². The first-order valence-electron chi connectivity index (χ1n) is 13.8. The van der Waals surface area contributed by atoms with Crippen molar-refractivity contribution >= 4 is 28.0 Å². The lowest BCUT2D eigenvalue weighted by molar-refractivity contribution is -0.124. The number of hydrogen-bond acceptors (Lipinski definition) is 6. The van der Waals surface area contributed by atoms with Gasteiger partial charge in [-0.15, -0.1) is 0 Å². The second-order valence-corrected chi connectivity index (χ2v) is 11.7. The SMILES string of the molecule is C[C@H]1CCCN1C(C(=O)Cc1ccc2[nH]nc(-c3ccc(OC4CCN(C)CC4)cc3)c2c1)c1ccsc1. The average Bonchev–Trinajstić information content (AvgIpc) is 3.69. The number of aromatic nitrogens is 2. The third kappa shape index (κ3) is 5.28. The second kappa shape index (κ2) is 11.0. The Labute approximate surface area is 228 Å². The van der Waals surface area contributed by atoms with Gasteiger partial charge in [-0.3, -0.25) is 14.8 Å². The molecular weight excluding hydrogens is 492 g/mol. The van der Waals surface area contributed by atoms with Crippen molar-refractivity contribution in [3.05, 3.63) is 70.4 Å². The molecular formula is C31H36N4O2S. The van der Waals surface area contributed by atoms with Gasteiger partial charge >= 0.3 is 0 Å². The molecule has 2 aromatic carbocycles. The fraction of sp³-hybridized carbons (Fsp3) is 0.419. The van der Waals surface area contributed by atoms with Crippen molar-refractivity contribution in [2.45, 2.75) is 57.2 Å². The van der Waals surface area contributed by atoms with Crippen molar-refractivity contribution in [1.82, 2.24) is 20.0 Å². The number of hydrogen-bond donors (Lipinski definition) is 1. The minimum Gasteiger partial charge on any atom is -0.490 e. The Kier molecular flexibility index (Phi) is 7.32. The minimum absolute atomic E-state index is 0.171. The monoisotopic (exact) mass is 528 g/mol. The maximum atomic E-state index is 13.7. The van der Waals surface area contributed by atoms with Crippen LogP contribution in [0.1, 0.15) is 49.8 Å². The van der Waals surface area contributed by atoms with Crippen LogP contribution in [0.2, 0.25) is 0 Å². The van der Waals surface area contributed by atoms with Gasteiger partial charge in [0.25, 0.3) is 0 Å². The Morgan fingerprint density at radius 3 is 2.63 bits per heavy atom. The third-order valence-corrected chi connectivity index (χ3v) is 8.90. The smallest absolute Gasteiger partial charge is 0.158 e. The number of rotatable bonds is 8. The molecule has 0 bridgehead atoms. The zero-order valence-electron chi connectivity index (χ0n) is 22.2. The fourth-order valence-electron chi connectivity index (χ4n) is 6.01. The highest BCUT2D eigenvalue weighted by Crippen LogP contribution is 2.33. The van der Waals surface area contributed by atoms with Crippen LogP contribution >= 0.6 is 11.3 Å². The molecule has 1 N–H and O–H groups in total. The van der Waals surface area contributed by atoms with E-state index in [1.807, 2.05) is 18.2 Å². The molecule has 0 radical (unpaired) electrons. The first-order chi connectivity index (χ1) is 18.5. The van der Waals surface area contributed by atoms with Crippen LogP contribution in [-0.4, -0.2) is 64.6 Å². The number of nitrogens with one attached hydrogen (secondary N) is 1. The Balaban J connectivity index is 1.20. The van der Waals surface area contributed by atoms with Crippen molar-refractivity contribution in [3.63, 3.8) is 0 Å². The molecule has 4 heterocycles. The summed E-state index contributed by atoms with van der Waals surface area (Å²) in [6, 6.07) is 16.9. The number of carbonyl (C=O) groups excluding carboxylic acids is 1. The molecule has 0 aliphatic carbocycles. The molecule has 2 aliphatic heterocycles. The summed E-state index contributed by atoms with van der Waals surface area (Å²) in [5, 5.41) is 13.0. The first kappa shape index (κ1) is 25.3. The van der Waals surface area contributed by atoms with Crippen LogP contribution in [0.3, 0.4) is 0 Å². The summed E-state index contributed by atoms with van der Waals surface area (Å²) >= 11 is 1.66. The number of carbonyl (C=O) groups is 1. The maximum absolute atomic E-state index is 13.7. The van der Waals surface area contributed by atoms with Crippen molar-refractivity contribution in [2.24, 2.45) is 0 Å². The van der Waals surface area contributed by atoms with Crippen LogP contribution < -0.4 is 4.74 Å². The van der Waals surface area contributed by atoms with Gasteiger partial charge < -0.3 is 9.64 Å². The Hall–Kier alpha value is -3.00. The number of thiophene rings is 1. The van der Waals surface area contributed by atoms with Crippen molar-refractivity contribution in [3.8, 4) is 17.0 Å². The van der Waals surface area contributed by atoms with Crippen LogP contribution in [0.5, 0.6) is 5.75 Å². The van der Waals surface area contributed by atoms with Crippen LogP contribution in [0, 0.1) is 0 Å². The molecule has 6 rings (SSSR count). The van der Waals surface area contributed by atoms with E-state index in [4.69, 9.17) is 4.74 Å². The standard InChI is InChI=1S/C31H36N4O2S/c1-21-4-3-14-35(21)31(24-13-17-38-20-24)29(36)19-22-5-10-28-27(18-22)30(33-32-28)23-6-8-25(9-7-23)37-26-11-15-34(2)16-12-26/h5-10,13,17-18,20-21,26,31H,3-4,11-12,14-16,19H2,1-2H3,(H,32,33)/t21-,31?/m0/s1. The number of piperidine rings is 1. The van der Waals surface area contributed by atoms with Crippen LogP contribution in [-0.2, 0) is 11.2 Å². The quantitative estimate of drug-likeness (QED) is 0.299. The fourth-order valence-corrected chi connectivity index (χ4v) is 6.69. The minimum atomic E-state index is -0.171. The number of Topliss-reactive ketones (excluding diaryl/α,β-unsaturated/α-hetero) is 1. The van der Waals surface area contributed by atoms with Gasteiger partial charge in [-0.05, 0) is 111 Å². The lowest BCUT2D eigenvalue weighted by Gasteiger charge is -2.30. The molecule has 4 aromatic rings. The lowest BCUT2D eigenvalue weighted by Crippen LogP contribution is -2.37. The topological polar surface area (TPSA) is 61.5 Å². The van der Waals surface area contributed by atoms with Gasteiger partial charge in [-0.25, -0.2) is 0 Å². The molecule has 7 heteroatoms. The zero-order chi connectivity index (χ0) is 26.1. The molecule has 2 atom stereocenters. The van der Waals surface area contributed by atoms with Gasteiger partial charge in [0.2, 0.25) is 0 Å². The van der Waals surface area contributed by atoms with E-state index >= 15 is 0 Å². The summed E-state index contributed by atoms with van der Waals surface area (Å²) in [5.74, 6) is 1.17. The van der Waals surface area contributed by atoms with E-state index in [0.29, 0.717) is 12.5 Å².